The van der Waals surface area contributed by atoms with E-state index < -0.39 is 10.0 Å². The maximum Gasteiger partial charge on any atom is 0.253 e. The van der Waals surface area contributed by atoms with Crippen LogP contribution < -0.4 is 13.8 Å². The smallest absolute Gasteiger partial charge is 0.253 e. The molecular weight excluding hydrogens is 392 g/mol. The second-order valence-electron chi connectivity index (χ2n) is 7.64. The van der Waals surface area contributed by atoms with Crippen molar-refractivity contribution in [1.29, 1.82) is 0 Å². The Labute approximate surface area is 170 Å². The first kappa shape index (κ1) is 19.6. The molecule has 0 N–H and O–H groups in total. The molecule has 0 radical (unpaired) electrons. The average molecular weight is 416 g/mol. The van der Waals surface area contributed by atoms with Crippen LogP contribution in [0.25, 0.3) is 0 Å². The van der Waals surface area contributed by atoms with Crippen molar-refractivity contribution in [1.82, 2.24) is 4.90 Å². The minimum Gasteiger partial charge on any atom is -0.486 e. The van der Waals surface area contributed by atoms with Gasteiger partial charge in [0.2, 0.25) is 10.0 Å². The van der Waals surface area contributed by atoms with Crippen LogP contribution in [0.4, 0.5) is 5.69 Å². The second-order valence-corrected chi connectivity index (χ2v) is 9.50. The lowest BCUT2D eigenvalue weighted by Crippen LogP contribution is -2.41. The zero-order valence-electron chi connectivity index (χ0n) is 16.7. The molecule has 4 rings (SSSR count). The van der Waals surface area contributed by atoms with Crippen molar-refractivity contribution in [2.45, 2.75) is 25.5 Å². The van der Waals surface area contributed by atoms with Crippen molar-refractivity contribution >= 4 is 21.6 Å². The van der Waals surface area contributed by atoms with E-state index in [0.717, 1.165) is 5.56 Å². The van der Waals surface area contributed by atoms with Gasteiger partial charge in [0.25, 0.3) is 5.91 Å². The van der Waals surface area contributed by atoms with E-state index in [9.17, 15) is 13.2 Å². The molecule has 2 aromatic rings. The van der Waals surface area contributed by atoms with Gasteiger partial charge in [-0.05, 0) is 49.2 Å². The molecule has 2 aromatic carbocycles. The molecule has 2 aliphatic rings. The number of anilines is 1. The molecule has 154 valence electrons. The summed E-state index contributed by atoms with van der Waals surface area (Å²) in [6, 6.07) is 12.5. The molecule has 0 saturated carbocycles. The molecule has 1 amide bonds. The Kier molecular flexibility index (Phi) is 4.90. The van der Waals surface area contributed by atoms with E-state index in [-0.39, 0.29) is 18.1 Å². The van der Waals surface area contributed by atoms with E-state index in [2.05, 4.69) is 0 Å². The molecule has 8 heteroatoms. The third kappa shape index (κ3) is 3.76. The lowest BCUT2D eigenvalue weighted by atomic mass is 10.1. The minimum absolute atomic E-state index is 0.138. The highest BCUT2D eigenvalue weighted by atomic mass is 32.2. The summed E-state index contributed by atoms with van der Waals surface area (Å²) in [5.74, 6) is 1.25. The summed E-state index contributed by atoms with van der Waals surface area (Å²) in [6.45, 7) is 2.63. The summed E-state index contributed by atoms with van der Waals surface area (Å²) in [5.41, 5.74) is 2.05. The topological polar surface area (TPSA) is 76.2 Å². The zero-order chi connectivity index (χ0) is 20.8. The quantitative estimate of drug-likeness (QED) is 0.765. The Morgan fingerprint density at radius 2 is 1.93 bits per heavy atom. The van der Waals surface area contributed by atoms with Gasteiger partial charge in [-0.2, -0.15) is 0 Å². The van der Waals surface area contributed by atoms with Crippen LogP contribution >= 0.6 is 0 Å². The first-order chi connectivity index (χ1) is 13.7. The van der Waals surface area contributed by atoms with E-state index in [1.807, 2.05) is 31.2 Å². The van der Waals surface area contributed by atoms with Crippen molar-refractivity contribution in [3.8, 4) is 11.5 Å². The Bertz CT molecular complexity index is 1050. The maximum atomic E-state index is 12.9. The Hall–Kier alpha value is -2.74. The summed E-state index contributed by atoms with van der Waals surface area (Å²) < 4.78 is 37.2. The number of fused-ring (bicyclic) bond motifs is 2. The van der Waals surface area contributed by atoms with E-state index in [1.54, 1.807) is 30.1 Å². The number of carbonyl (C=O) groups excluding carboxylic acids is 1. The van der Waals surface area contributed by atoms with E-state index in [1.165, 1.54) is 10.6 Å². The number of amides is 1. The number of likely N-dealkylation sites (N-methyl/N-ethyl adjacent to an activating group) is 1. The largest absolute Gasteiger partial charge is 0.486 e. The Balaban J connectivity index is 1.47. The molecule has 7 nitrogen and oxygen atoms in total. The van der Waals surface area contributed by atoms with Gasteiger partial charge in [-0.15, -0.1) is 0 Å². The van der Waals surface area contributed by atoms with Crippen molar-refractivity contribution < 1.29 is 22.7 Å². The number of carbonyl (C=O) groups is 1. The van der Waals surface area contributed by atoms with Crippen LogP contribution in [0.15, 0.2) is 42.5 Å². The molecule has 29 heavy (non-hydrogen) atoms. The fourth-order valence-electron chi connectivity index (χ4n) is 4.00. The molecule has 2 atom stereocenters. The number of benzene rings is 2. The number of hydrogen-bond acceptors (Lipinski definition) is 5. The molecule has 0 bridgehead atoms. The summed E-state index contributed by atoms with van der Waals surface area (Å²) in [4.78, 5) is 14.5. The van der Waals surface area contributed by atoms with Crippen LogP contribution in [0.2, 0.25) is 0 Å². The Morgan fingerprint density at radius 3 is 2.66 bits per heavy atom. The molecule has 2 heterocycles. The summed E-state index contributed by atoms with van der Waals surface area (Å²) in [7, 11) is -1.62. The van der Waals surface area contributed by atoms with Gasteiger partial charge in [-0.25, -0.2) is 8.42 Å². The van der Waals surface area contributed by atoms with Crippen molar-refractivity contribution in [3.05, 3.63) is 53.6 Å². The van der Waals surface area contributed by atoms with Crippen LogP contribution in [0.5, 0.6) is 11.5 Å². The van der Waals surface area contributed by atoms with Crippen molar-refractivity contribution in [2.75, 3.05) is 30.8 Å². The van der Waals surface area contributed by atoms with Gasteiger partial charge in [0.05, 0.1) is 18.5 Å². The molecule has 2 aliphatic heterocycles. The first-order valence-electron chi connectivity index (χ1n) is 9.50. The van der Waals surface area contributed by atoms with Gasteiger partial charge in [0.1, 0.15) is 6.61 Å². The fourth-order valence-corrected chi connectivity index (χ4v) is 5.27. The minimum atomic E-state index is -3.35. The number of sulfonamides is 1. The average Bonchev–Trinajstić information content (AvgIpc) is 3.02. The predicted octanol–water partition coefficient (Wildman–Crippen LogP) is 2.31. The van der Waals surface area contributed by atoms with E-state index >= 15 is 0 Å². The molecule has 0 aromatic heterocycles. The number of nitrogens with zero attached hydrogens (tertiary/aromatic N) is 2. The van der Waals surface area contributed by atoms with Crippen molar-refractivity contribution in [2.24, 2.45) is 0 Å². The predicted molar refractivity (Wildman–Crippen MR) is 110 cm³/mol. The lowest BCUT2D eigenvalue weighted by Gasteiger charge is -2.29. The third-order valence-corrected chi connectivity index (χ3v) is 6.50. The normalized spacial score (nSPS) is 20.3. The lowest BCUT2D eigenvalue weighted by molar-refractivity contribution is 0.0521. The van der Waals surface area contributed by atoms with Crippen molar-refractivity contribution in [3.63, 3.8) is 0 Å². The highest BCUT2D eigenvalue weighted by Crippen LogP contribution is 2.35. The van der Waals surface area contributed by atoms with Crippen LogP contribution in [-0.2, 0) is 16.4 Å². The van der Waals surface area contributed by atoms with Gasteiger partial charge < -0.3 is 14.4 Å². The van der Waals surface area contributed by atoms with E-state index in [4.69, 9.17) is 9.47 Å². The zero-order valence-corrected chi connectivity index (χ0v) is 17.5. The summed E-state index contributed by atoms with van der Waals surface area (Å²) >= 11 is 0. The van der Waals surface area contributed by atoms with Gasteiger partial charge >= 0.3 is 0 Å². The molecule has 0 unspecified atom stereocenters. The van der Waals surface area contributed by atoms with Crippen LogP contribution in [0, 0.1) is 0 Å². The molecular formula is C21H24N2O5S. The number of ether oxygens (including phenoxy) is 2. The highest BCUT2D eigenvalue weighted by molar-refractivity contribution is 7.92. The number of rotatable bonds is 4. The number of para-hydroxylation sites is 2. The standard InChI is InChI=1S/C21H24N2O5S/c1-14-10-16-11-15(8-9-18(16)23(14)29(3,25)26)21(24)22(2)12-17-13-27-19-6-4-5-7-20(19)28-17/h4-9,11,14,17H,10,12-13H2,1-3H3/t14-,17-/m1/s1. The van der Waals surface area contributed by atoms with Gasteiger partial charge in [0.15, 0.2) is 17.6 Å². The Morgan fingerprint density at radius 1 is 1.21 bits per heavy atom. The van der Waals surface area contributed by atoms with E-state index in [0.29, 0.717) is 42.3 Å². The molecule has 0 saturated heterocycles. The number of hydrogen-bond donors (Lipinski definition) is 0. The highest BCUT2D eigenvalue weighted by Gasteiger charge is 2.33. The van der Waals surface area contributed by atoms with Gasteiger partial charge in [-0.1, -0.05) is 12.1 Å². The van der Waals surface area contributed by atoms with Gasteiger partial charge in [-0.3, -0.25) is 9.10 Å². The monoisotopic (exact) mass is 416 g/mol. The summed E-state index contributed by atoms with van der Waals surface area (Å²) in [6.07, 6.45) is 1.54. The molecule has 0 spiro atoms. The molecule has 0 aliphatic carbocycles. The SMILES string of the molecule is C[C@@H]1Cc2cc(C(=O)N(C)C[C@@H]3COc4ccccc4O3)ccc2N1S(C)(=O)=O. The molecule has 0 fully saturated rings. The second kappa shape index (κ2) is 7.26. The maximum absolute atomic E-state index is 12.9. The van der Waals surface area contributed by atoms with Crippen LogP contribution in [0.1, 0.15) is 22.8 Å². The third-order valence-electron chi connectivity index (χ3n) is 5.23. The fraction of sp³-hybridized carbons (Fsp3) is 0.381. The summed E-state index contributed by atoms with van der Waals surface area (Å²) in [5, 5.41) is 0. The van der Waals surface area contributed by atoms with Crippen LogP contribution in [0.3, 0.4) is 0 Å². The first-order valence-corrected chi connectivity index (χ1v) is 11.3. The van der Waals surface area contributed by atoms with Gasteiger partial charge in [0, 0.05) is 18.7 Å². The van der Waals surface area contributed by atoms with Crippen LogP contribution in [-0.4, -0.2) is 57.8 Å².